The summed E-state index contributed by atoms with van der Waals surface area (Å²) >= 11 is 0. The van der Waals surface area contributed by atoms with Gasteiger partial charge in [0.1, 0.15) is 30.7 Å². The molecule has 5 N–H and O–H groups in total. The normalized spacial score (nSPS) is 44.6. The van der Waals surface area contributed by atoms with Gasteiger partial charge in [0.25, 0.3) is 0 Å². The molecule has 0 amide bonds. The van der Waals surface area contributed by atoms with Gasteiger partial charge in [-0.1, -0.05) is 82.4 Å². The van der Waals surface area contributed by atoms with Crippen molar-refractivity contribution < 1.29 is 63.5 Å². The van der Waals surface area contributed by atoms with Crippen LogP contribution in [0.25, 0.3) is 0 Å². The van der Waals surface area contributed by atoms with Crippen LogP contribution in [-0.4, -0.2) is 124 Å². The fourth-order valence-corrected chi connectivity index (χ4v) is 8.73. The van der Waals surface area contributed by atoms with Crippen LogP contribution in [0, 0.1) is 23.7 Å². The Balaban J connectivity index is 1.61. The summed E-state index contributed by atoms with van der Waals surface area (Å²) in [5.41, 5.74) is 0.589. The minimum atomic E-state index is -1.84. The summed E-state index contributed by atoms with van der Waals surface area (Å²) in [6.07, 6.45) is 6.16. The number of fused-ring (bicyclic) bond motifs is 2. The molecule has 326 valence electrons. The number of rotatable bonds is 11. The lowest BCUT2D eigenvalue weighted by atomic mass is 9.77. The zero-order valence-corrected chi connectivity index (χ0v) is 35.8. The van der Waals surface area contributed by atoms with Gasteiger partial charge in [-0.25, -0.2) is 4.79 Å². The Kier molecular flexibility index (Phi) is 17.6. The SMILES string of the molecule is CCCCC[C@@H]1OCO[C@@]2(C)/C=C(C)/C=C/C(=O)O[C@H]([C@@H](C)[C@@H](O)[C@H](C)[C@@]3(O)C[C@@H](O[C@H]4C[C@@H](O)[C@H](O)[C@@H](C)O4)[C@H](C)[C@@H](C)O3)[C@@H](OC)/C=C/C=C(\C)C[C@H]1[C@@H]2O. The van der Waals surface area contributed by atoms with Gasteiger partial charge < -0.3 is 58.7 Å². The minimum absolute atomic E-state index is 0.00431. The summed E-state index contributed by atoms with van der Waals surface area (Å²) in [5.74, 6) is -4.60. The molecule has 13 nitrogen and oxygen atoms in total. The Morgan fingerprint density at radius 3 is 2.44 bits per heavy atom. The molecule has 0 unspecified atom stereocenters. The van der Waals surface area contributed by atoms with E-state index in [1.54, 1.807) is 32.9 Å². The average Bonchev–Trinajstić information content (AvgIpc) is 3.26. The molecule has 0 radical (unpaired) electrons. The number of aliphatic hydroxyl groups excluding tert-OH is 4. The maximum absolute atomic E-state index is 13.5. The third-order valence-corrected chi connectivity index (χ3v) is 12.8. The predicted octanol–water partition coefficient (Wildman–Crippen LogP) is 5.02. The van der Waals surface area contributed by atoms with Gasteiger partial charge in [0.15, 0.2) is 12.1 Å². The second-order valence-electron chi connectivity index (χ2n) is 17.3. The number of aliphatic hydroxyl groups is 5. The van der Waals surface area contributed by atoms with Crippen LogP contribution in [-0.2, 0) is 38.0 Å². The van der Waals surface area contributed by atoms with Crippen LogP contribution < -0.4 is 0 Å². The molecule has 0 spiro atoms. The Bertz CT molecular complexity index is 1400. The van der Waals surface area contributed by atoms with Crippen molar-refractivity contribution in [2.24, 2.45) is 23.7 Å². The van der Waals surface area contributed by atoms with Crippen molar-refractivity contribution in [3.63, 3.8) is 0 Å². The molecule has 4 rings (SSSR count). The van der Waals surface area contributed by atoms with E-state index in [1.807, 2.05) is 52.8 Å². The van der Waals surface area contributed by atoms with Crippen molar-refractivity contribution in [3.05, 3.63) is 47.6 Å². The summed E-state index contributed by atoms with van der Waals surface area (Å²) in [4.78, 5) is 13.5. The number of unbranched alkanes of at least 4 members (excludes halogenated alkanes) is 2. The first-order valence-corrected chi connectivity index (χ1v) is 21.0. The quantitative estimate of drug-likeness (QED) is 0.139. The number of hydrogen-bond donors (Lipinski definition) is 5. The molecule has 57 heavy (non-hydrogen) atoms. The van der Waals surface area contributed by atoms with Gasteiger partial charge in [0.2, 0.25) is 0 Å². The first-order chi connectivity index (χ1) is 26.8. The number of esters is 1. The minimum Gasteiger partial charge on any atom is -0.456 e. The van der Waals surface area contributed by atoms with Crippen LogP contribution in [0.2, 0.25) is 0 Å². The molecule has 2 bridgehead atoms. The van der Waals surface area contributed by atoms with E-state index in [2.05, 4.69) is 6.92 Å². The molecule has 17 atom stereocenters. The zero-order valence-electron chi connectivity index (χ0n) is 35.8. The van der Waals surface area contributed by atoms with E-state index in [0.29, 0.717) is 12.0 Å². The second kappa shape index (κ2) is 21.0. The Morgan fingerprint density at radius 1 is 1.05 bits per heavy atom. The number of ether oxygens (including phenoxy) is 7. The van der Waals surface area contributed by atoms with Crippen LogP contribution >= 0.6 is 0 Å². The molecule has 3 fully saturated rings. The highest BCUT2D eigenvalue weighted by Crippen LogP contribution is 2.42. The number of carbonyl (C=O) groups is 1. The highest BCUT2D eigenvalue weighted by Gasteiger charge is 2.52. The van der Waals surface area contributed by atoms with Crippen molar-refractivity contribution in [3.8, 4) is 0 Å². The fraction of sp³-hybridized carbons (Fsp3) is 0.795. The van der Waals surface area contributed by atoms with Gasteiger partial charge in [0.05, 0.1) is 42.7 Å². The lowest BCUT2D eigenvalue weighted by Gasteiger charge is -2.49. The summed E-state index contributed by atoms with van der Waals surface area (Å²) in [5, 5.41) is 56.5. The number of allylic oxidation sites excluding steroid dienone is 5. The molecule has 4 heterocycles. The number of carbonyl (C=O) groups excluding carboxylic acids is 1. The Hall–Kier alpha value is -2.01. The number of methoxy groups -OCH3 is 1. The van der Waals surface area contributed by atoms with Crippen LogP contribution in [0.4, 0.5) is 0 Å². The summed E-state index contributed by atoms with van der Waals surface area (Å²) in [6.45, 7) is 16.7. The van der Waals surface area contributed by atoms with Crippen LogP contribution in [0.1, 0.15) is 107 Å². The molecular weight excluding hydrogens is 736 g/mol. The van der Waals surface area contributed by atoms with Gasteiger partial charge in [-0.2, -0.15) is 0 Å². The van der Waals surface area contributed by atoms with Gasteiger partial charge >= 0.3 is 5.97 Å². The van der Waals surface area contributed by atoms with E-state index in [9.17, 15) is 30.3 Å². The van der Waals surface area contributed by atoms with E-state index in [-0.39, 0.29) is 37.6 Å². The topological polar surface area (TPSA) is 183 Å². The second-order valence-corrected chi connectivity index (χ2v) is 17.3. The third-order valence-electron chi connectivity index (χ3n) is 12.8. The maximum atomic E-state index is 13.5. The lowest BCUT2D eigenvalue weighted by molar-refractivity contribution is -0.343. The van der Waals surface area contributed by atoms with Gasteiger partial charge in [-0.3, -0.25) is 0 Å². The molecule has 13 heteroatoms. The van der Waals surface area contributed by atoms with Gasteiger partial charge in [0, 0.05) is 49.7 Å². The maximum Gasteiger partial charge on any atom is 0.331 e. The first kappa shape index (κ1) is 47.7. The smallest absolute Gasteiger partial charge is 0.331 e. The van der Waals surface area contributed by atoms with Crippen molar-refractivity contribution in [1.82, 2.24) is 0 Å². The Morgan fingerprint density at radius 2 is 1.77 bits per heavy atom. The Labute approximate surface area is 340 Å². The molecular formula is C44H72O13. The molecule has 4 aliphatic rings. The summed E-state index contributed by atoms with van der Waals surface area (Å²) in [7, 11) is 1.50. The molecule has 0 aliphatic carbocycles. The predicted molar refractivity (Wildman–Crippen MR) is 213 cm³/mol. The standard InChI is InChI=1S/C44H72O13/c1-11-12-13-16-34-32-20-25(2)15-14-17-35(51-10)41(56-37(46)19-18-26(3)22-43(9,42(32)49)53-24-52-34)28(5)39(47)29(6)44(50)23-36(27(4)30(7)57-44)55-38-21-33(45)40(48)31(8)54-38/h14-15,17-19,22,27-36,38-42,45,47-50H,11-13,16,20-21,23-24H2,1-10H3/b17-14+,19-18+,25-15+,26-22+/t27-,28+,29+,30-,31-,32-,33-,34+,35+,36-,38+,39-,40-,41-,42+,43+,44-/m1/s1. The first-order valence-electron chi connectivity index (χ1n) is 21.0. The van der Waals surface area contributed by atoms with Crippen molar-refractivity contribution in [2.45, 2.75) is 186 Å². The van der Waals surface area contributed by atoms with Crippen LogP contribution in [0.5, 0.6) is 0 Å². The molecule has 4 aliphatic heterocycles. The molecule has 0 saturated carbocycles. The molecule has 0 aromatic heterocycles. The zero-order chi connectivity index (χ0) is 42.2. The summed E-state index contributed by atoms with van der Waals surface area (Å²) < 4.78 is 42.7. The van der Waals surface area contributed by atoms with Crippen LogP contribution in [0.15, 0.2) is 47.6 Å². The van der Waals surface area contributed by atoms with E-state index in [1.165, 1.54) is 13.2 Å². The highest BCUT2D eigenvalue weighted by molar-refractivity contribution is 5.82. The number of cyclic esters (lactones) is 1. The third kappa shape index (κ3) is 12.1. The fourth-order valence-electron chi connectivity index (χ4n) is 8.73. The lowest BCUT2D eigenvalue weighted by Crippen LogP contribution is -2.59. The average molecular weight is 809 g/mol. The summed E-state index contributed by atoms with van der Waals surface area (Å²) in [6, 6.07) is 0. The van der Waals surface area contributed by atoms with E-state index >= 15 is 0 Å². The molecule has 3 saturated heterocycles. The van der Waals surface area contributed by atoms with E-state index in [0.717, 1.165) is 31.3 Å². The van der Waals surface area contributed by atoms with Crippen molar-refractivity contribution in [1.29, 1.82) is 0 Å². The largest absolute Gasteiger partial charge is 0.456 e. The van der Waals surface area contributed by atoms with Gasteiger partial charge in [-0.15, -0.1) is 0 Å². The molecule has 0 aromatic carbocycles. The van der Waals surface area contributed by atoms with E-state index in [4.69, 9.17) is 33.2 Å². The highest BCUT2D eigenvalue weighted by atomic mass is 16.7. The van der Waals surface area contributed by atoms with Crippen LogP contribution in [0.3, 0.4) is 0 Å². The van der Waals surface area contributed by atoms with Gasteiger partial charge in [-0.05, 0) is 53.5 Å². The monoisotopic (exact) mass is 808 g/mol. The number of hydrogen-bond acceptors (Lipinski definition) is 13. The van der Waals surface area contributed by atoms with Crippen molar-refractivity contribution >= 4 is 5.97 Å². The van der Waals surface area contributed by atoms with E-state index < -0.39 is 90.4 Å². The molecule has 0 aromatic rings. The van der Waals surface area contributed by atoms with Crippen molar-refractivity contribution in [2.75, 3.05) is 13.9 Å².